The number of nitrogens with zero attached hydrogens (tertiary/aromatic N) is 1. The number of piperidine rings is 1. The summed E-state index contributed by atoms with van der Waals surface area (Å²) in [7, 11) is 0. The highest BCUT2D eigenvalue weighted by atomic mass is 32.1. The molecule has 1 atom stereocenters. The highest BCUT2D eigenvalue weighted by molar-refractivity contribution is 7.16. The van der Waals surface area contributed by atoms with Crippen LogP contribution in [0.15, 0.2) is 0 Å². The summed E-state index contributed by atoms with van der Waals surface area (Å²) in [5.74, 6) is 0.738. The third-order valence-electron chi connectivity index (χ3n) is 4.53. The maximum atomic E-state index is 12.8. The van der Waals surface area contributed by atoms with Crippen LogP contribution in [-0.4, -0.2) is 23.9 Å². The summed E-state index contributed by atoms with van der Waals surface area (Å²) in [4.78, 5) is 16.1. The van der Waals surface area contributed by atoms with Crippen molar-refractivity contribution in [3.63, 3.8) is 0 Å². The van der Waals surface area contributed by atoms with Gasteiger partial charge >= 0.3 is 0 Å². The first-order chi connectivity index (χ1) is 9.22. The van der Waals surface area contributed by atoms with Crippen molar-refractivity contribution in [2.75, 3.05) is 18.8 Å². The zero-order valence-electron chi connectivity index (χ0n) is 11.6. The van der Waals surface area contributed by atoms with E-state index in [4.69, 9.17) is 5.73 Å². The molecular formula is C15H22N2OS. The third kappa shape index (κ3) is 2.16. The molecule has 2 N–H and O–H groups in total. The topological polar surface area (TPSA) is 46.3 Å². The Kier molecular flexibility index (Phi) is 3.52. The van der Waals surface area contributed by atoms with Crippen molar-refractivity contribution in [2.45, 2.75) is 51.4 Å². The zero-order chi connectivity index (χ0) is 13.4. The molecule has 0 spiro atoms. The van der Waals surface area contributed by atoms with Crippen molar-refractivity contribution >= 4 is 22.2 Å². The molecule has 1 aromatic heterocycles. The highest BCUT2D eigenvalue weighted by Gasteiger charge is 2.33. The number of carbonyl (C=O) groups excluding carboxylic acids is 1. The Balaban J connectivity index is 1.94. The van der Waals surface area contributed by atoms with Gasteiger partial charge in [0.05, 0.1) is 10.6 Å². The van der Waals surface area contributed by atoms with Crippen LogP contribution in [0.5, 0.6) is 0 Å². The average molecular weight is 278 g/mol. The number of aryl methyl sites for hydroxylation is 1. The number of fused-ring (bicyclic) bond motifs is 1. The Labute approximate surface area is 118 Å². The summed E-state index contributed by atoms with van der Waals surface area (Å²) in [6, 6.07) is 0. The fourth-order valence-electron chi connectivity index (χ4n) is 3.46. The van der Waals surface area contributed by atoms with Crippen molar-refractivity contribution in [3.8, 4) is 0 Å². The molecule has 3 nitrogen and oxygen atoms in total. The molecule has 2 aliphatic rings. The fourth-order valence-corrected chi connectivity index (χ4v) is 4.63. The first-order valence-corrected chi connectivity index (χ1v) is 8.24. The number of anilines is 1. The van der Waals surface area contributed by atoms with Crippen LogP contribution in [0, 0.1) is 0 Å². The summed E-state index contributed by atoms with van der Waals surface area (Å²) >= 11 is 1.65. The number of likely N-dealkylation sites (tertiary alicyclic amines) is 1. The number of hydrogen-bond donors (Lipinski definition) is 1. The first-order valence-electron chi connectivity index (χ1n) is 7.42. The lowest BCUT2D eigenvalue weighted by molar-refractivity contribution is 0.0724. The highest BCUT2D eigenvalue weighted by Crippen LogP contribution is 2.45. The molecule has 19 heavy (non-hydrogen) atoms. The van der Waals surface area contributed by atoms with E-state index in [1.165, 1.54) is 23.3 Å². The minimum Gasteiger partial charge on any atom is -0.390 e. The van der Waals surface area contributed by atoms with Gasteiger partial charge in [0.25, 0.3) is 5.91 Å². The van der Waals surface area contributed by atoms with Gasteiger partial charge in [-0.25, -0.2) is 0 Å². The van der Waals surface area contributed by atoms with Gasteiger partial charge < -0.3 is 10.6 Å². The molecule has 1 unspecified atom stereocenters. The molecule has 104 valence electrons. The predicted molar refractivity (Wildman–Crippen MR) is 79.8 cm³/mol. The number of amides is 1. The molecule has 1 fully saturated rings. The molecule has 1 aliphatic carbocycles. The van der Waals surface area contributed by atoms with Crippen LogP contribution < -0.4 is 5.73 Å². The summed E-state index contributed by atoms with van der Waals surface area (Å²) < 4.78 is 0. The quantitative estimate of drug-likeness (QED) is 0.901. The van der Waals surface area contributed by atoms with Gasteiger partial charge in [-0.3, -0.25) is 4.79 Å². The number of hydrogen-bond acceptors (Lipinski definition) is 3. The SMILES string of the molecule is CCC1CCc2sc(N)c(C(=O)N3CCCCC3)c21. The van der Waals surface area contributed by atoms with E-state index in [2.05, 4.69) is 6.92 Å². The van der Waals surface area contributed by atoms with Crippen LogP contribution in [0.1, 0.15) is 65.7 Å². The van der Waals surface area contributed by atoms with Crippen LogP contribution >= 0.6 is 11.3 Å². The molecule has 1 aliphatic heterocycles. The fraction of sp³-hybridized carbons (Fsp3) is 0.667. The van der Waals surface area contributed by atoms with Gasteiger partial charge in [-0.2, -0.15) is 0 Å². The first kappa shape index (κ1) is 13.0. The Morgan fingerprint density at radius 3 is 2.79 bits per heavy atom. The van der Waals surface area contributed by atoms with Crippen molar-refractivity contribution < 1.29 is 4.79 Å². The van der Waals surface area contributed by atoms with E-state index in [-0.39, 0.29) is 5.91 Å². The maximum Gasteiger partial charge on any atom is 0.257 e. The standard InChI is InChI=1S/C15H22N2OS/c1-2-10-6-7-11-12(10)13(14(16)19-11)15(18)17-8-4-3-5-9-17/h10H,2-9,16H2,1H3. The normalized spacial score (nSPS) is 22.6. The minimum atomic E-state index is 0.190. The summed E-state index contributed by atoms with van der Waals surface area (Å²) in [5.41, 5.74) is 8.29. The molecule has 0 radical (unpaired) electrons. The van der Waals surface area contributed by atoms with Crippen LogP contribution in [-0.2, 0) is 6.42 Å². The van der Waals surface area contributed by atoms with Crippen LogP contribution in [0.4, 0.5) is 5.00 Å². The zero-order valence-corrected chi connectivity index (χ0v) is 12.4. The number of nitrogens with two attached hydrogens (primary N) is 1. The Morgan fingerprint density at radius 1 is 1.37 bits per heavy atom. The van der Waals surface area contributed by atoms with Gasteiger partial charge in [0, 0.05) is 18.0 Å². The molecule has 1 saturated heterocycles. The second-order valence-corrected chi connectivity index (χ2v) is 6.81. The smallest absolute Gasteiger partial charge is 0.257 e. The lowest BCUT2D eigenvalue weighted by Gasteiger charge is -2.27. The number of thiophene rings is 1. The molecule has 2 heterocycles. The van der Waals surface area contributed by atoms with Gasteiger partial charge in [-0.15, -0.1) is 11.3 Å². The Morgan fingerprint density at radius 2 is 2.11 bits per heavy atom. The van der Waals surface area contributed by atoms with Gasteiger partial charge in [-0.1, -0.05) is 6.92 Å². The minimum absolute atomic E-state index is 0.190. The van der Waals surface area contributed by atoms with Gasteiger partial charge in [-0.05, 0) is 50.0 Å². The molecule has 0 saturated carbocycles. The number of rotatable bonds is 2. The Hall–Kier alpha value is -1.03. The van der Waals surface area contributed by atoms with E-state index in [1.54, 1.807) is 11.3 Å². The monoisotopic (exact) mass is 278 g/mol. The van der Waals surface area contributed by atoms with E-state index >= 15 is 0 Å². The number of carbonyl (C=O) groups is 1. The largest absolute Gasteiger partial charge is 0.390 e. The van der Waals surface area contributed by atoms with Crippen molar-refractivity contribution in [2.24, 2.45) is 0 Å². The van der Waals surface area contributed by atoms with E-state index < -0.39 is 0 Å². The molecule has 1 aromatic rings. The summed E-state index contributed by atoms with van der Waals surface area (Å²) in [5, 5.41) is 0.749. The molecular weight excluding hydrogens is 256 g/mol. The summed E-state index contributed by atoms with van der Waals surface area (Å²) in [6.07, 6.45) is 6.93. The van der Waals surface area contributed by atoms with Gasteiger partial charge in [0.1, 0.15) is 0 Å². The molecule has 1 amide bonds. The summed E-state index contributed by atoms with van der Waals surface area (Å²) in [6.45, 7) is 4.02. The van der Waals surface area contributed by atoms with Crippen molar-refractivity contribution in [1.82, 2.24) is 4.90 Å². The average Bonchev–Trinajstić information content (AvgIpc) is 2.96. The lowest BCUT2D eigenvalue weighted by atomic mass is 9.96. The molecule has 4 heteroatoms. The lowest BCUT2D eigenvalue weighted by Crippen LogP contribution is -2.36. The molecule has 0 bridgehead atoms. The van der Waals surface area contributed by atoms with E-state index in [9.17, 15) is 4.79 Å². The van der Waals surface area contributed by atoms with Crippen LogP contribution in [0.2, 0.25) is 0 Å². The van der Waals surface area contributed by atoms with E-state index in [0.29, 0.717) is 5.92 Å². The maximum absolute atomic E-state index is 12.8. The second-order valence-electron chi connectivity index (χ2n) is 5.67. The van der Waals surface area contributed by atoms with E-state index in [0.717, 1.165) is 49.3 Å². The number of nitrogen functional groups attached to an aromatic ring is 1. The third-order valence-corrected chi connectivity index (χ3v) is 5.62. The van der Waals surface area contributed by atoms with Crippen LogP contribution in [0.25, 0.3) is 0 Å². The van der Waals surface area contributed by atoms with Gasteiger partial charge in [0.15, 0.2) is 0 Å². The van der Waals surface area contributed by atoms with Gasteiger partial charge in [0.2, 0.25) is 0 Å². The molecule has 3 rings (SSSR count). The second kappa shape index (κ2) is 5.16. The Bertz CT molecular complexity index is 489. The van der Waals surface area contributed by atoms with Crippen molar-refractivity contribution in [1.29, 1.82) is 0 Å². The van der Waals surface area contributed by atoms with Crippen molar-refractivity contribution in [3.05, 3.63) is 16.0 Å². The van der Waals surface area contributed by atoms with Crippen LogP contribution in [0.3, 0.4) is 0 Å². The predicted octanol–water partition coefficient (Wildman–Crippen LogP) is 3.40. The molecule has 0 aromatic carbocycles. The van der Waals surface area contributed by atoms with E-state index in [1.807, 2.05) is 4.90 Å².